The predicted octanol–water partition coefficient (Wildman–Crippen LogP) is 1.98. The number of ether oxygens (including phenoxy) is 2. The van der Waals surface area contributed by atoms with Crippen molar-refractivity contribution in [3.05, 3.63) is 52.9 Å². The van der Waals surface area contributed by atoms with Crippen molar-refractivity contribution in [3.63, 3.8) is 0 Å². The van der Waals surface area contributed by atoms with E-state index in [-0.39, 0.29) is 30.6 Å². The standard InChI is InChI=1S/C20H21F3N4O5/c1-31-14(28)6-5-13(19(29)32-2)26-20(30)27-8-7-12-17(25-9-24-12)18(27)10-3-4-11(21)16(23)15(10)22/h3-4,9,13,18H,5-8H2,1-2H3,(H,24,25)(H,26,30). The van der Waals surface area contributed by atoms with Crippen LogP contribution in [0.5, 0.6) is 0 Å². The second-order valence-electron chi connectivity index (χ2n) is 7.02. The highest BCUT2D eigenvalue weighted by Gasteiger charge is 2.38. The summed E-state index contributed by atoms with van der Waals surface area (Å²) < 4.78 is 51.3. The highest BCUT2D eigenvalue weighted by atomic mass is 19.2. The number of amides is 2. The van der Waals surface area contributed by atoms with Crippen LogP contribution in [0, 0.1) is 17.5 Å². The number of urea groups is 1. The lowest BCUT2D eigenvalue weighted by molar-refractivity contribution is -0.144. The first-order valence-corrected chi connectivity index (χ1v) is 9.65. The van der Waals surface area contributed by atoms with Crippen LogP contribution in [0.2, 0.25) is 0 Å². The minimum atomic E-state index is -1.67. The number of hydrogen-bond acceptors (Lipinski definition) is 6. The lowest BCUT2D eigenvalue weighted by Gasteiger charge is -2.36. The third kappa shape index (κ3) is 4.53. The molecule has 2 unspecified atom stereocenters. The summed E-state index contributed by atoms with van der Waals surface area (Å²) in [6.07, 6.45) is 1.41. The Labute approximate surface area is 180 Å². The lowest BCUT2D eigenvalue weighted by Crippen LogP contribution is -2.51. The molecule has 9 nitrogen and oxygen atoms in total. The SMILES string of the molecule is COC(=O)CCC(NC(=O)N1CCc2[nH]cnc2C1c1ccc(F)c(F)c1F)C(=O)OC. The van der Waals surface area contributed by atoms with Crippen LogP contribution in [-0.4, -0.2) is 59.6 Å². The van der Waals surface area contributed by atoms with Crippen LogP contribution in [0.1, 0.15) is 35.8 Å². The van der Waals surface area contributed by atoms with E-state index in [1.165, 1.54) is 13.4 Å². The summed E-state index contributed by atoms with van der Waals surface area (Å²) in [5.41, 5.74) is 0.579. The van der Waals surface area contributed by atoms with Crippen molar-refractivity contribution >= 4 is 18.0 Å². The van der Waals surface area contributed by atoms with E-state index in [4.69, 9.17) is 0 Å². The molecule has 0 saturated carbocycles. The molecule has 32 heavy (non-hydrogen) atoms. The molecular weight excluding hydrogens is 433 g/mol. The van der Waals surface area contributed by atoms with Crippen LogP contribution in [0.4, 0.5) is 18.0 Å². The maximum absolute atomic E-state index is 14.6. The number of benzene rings is 1. The van der Waals surface area contributed by atoms with Gasteiger partial charge < -0.3 is 24.7 Å². The number of nitrogens with one attached hydrogen (secondary N) is 2. The largest absolute Gasteiger partial charge is 0.469 e. The van der Waals surface area contributed by atoms with Crippen LogP contribution in [-0.2, 0) is 25.5 Å². The van der Waals surface area contributed by atoms with Crippen molar-refractivity contribution in [3.8, 4) is 0 Å². The average molecular weight is 454 g/mol. The van der Waals surface area contributed by atoms with Crippen molar-refractivity contribution in [1.82, 2.24) is 20.2 Å². The molecule has 1 aliphatic rings. The van der Waals surface area contributed by atoms with Crippen LogP contribution < -0.4 is 5.32 Å². The Bertz CT molecular complexity index is 1030. The first-order chi connectivity index (χ1) is 15.3. The van der Waals surface area contributed by atoms with Crippen LogP contribution in [0.25, 0.3) is 0 Å². The quantitative estimate of drug-likeness (QED) is 0.510. The van der Waals surface area contributed by atoms with Crippen LogP contribution in [0.3, 0.4) is 0 Å². The molecule has 1 aliphatic heterocycles. The van der Waals surface area contributed by atoms with Gasteiger partial charge in [-0.15, -0.1) is 0 Å². The van der Waals surface area contributed by atoms with E-state index in [0.717, 1.165) is 24.1 Å². The Hall–Kier alpha value is -3.57. The first kappa shape index (κ1) is 23.1. The number of aromatic amines is 1. The molecule has 1 aromatic heterocycles. The number of methoxy groups -OCH3 is 2. The van der Waals surface area contributed by atoms with Gasteiger partial charge in [-0.3, -0.25) is 4.79 Å². The topological polar surface area (TPSA) is 114 Å². The summed E-state index contributed by atoms with van der Waals surface area (Å²) in [5.74, 6) is -5.87. The van der Waals surface area contributed by atoms with E-state index in [1.807, 2.05) is 0 Å². The number of rotatable bonds is 6. The van der Waals surface area contributed by atoms with Crippen molar-refractivity contribution in [2.45, 2.75) is 31.3 Å². The Balaban J connectivity index is 1.92. The second-order valence-corrected chi connectivity index (χ2v) is 7.02. The Morgan fingerprint density at radius 3 is 2.66 bits per heavy atom. The summed E-state index contributed by atoms with van der Waals surface area (Å²) in [7, 11) is 2.31. The minimum absolute atomic E-state index is 0.0645. The Kier molecular flexibility index (Phi) is 7.01. The number of hydrogen-bond donors (Lipinski definition) is 2. The van der Waals surface area contributed by atoms with E-state index in [1.54, 1.807) is 0 Å². The summed E-state index contributed by atoms with van der Waals surface area (Å²) >= 11 is 0. The Morgan fingerprint density at radius 1 is 1.22 bits per heavy atom. The van der Waals surface area contributed by atoms with Crippen molar-refractivity contribution in [1.29, 1.82) is 0 Å². The summed E-state index contributed by atoms with van der Waals surface area (Å²) in [6.45, 7) is 0.0645. The zero-order valence-corrected chi connectivity index (χ0v) is 17.3. The molecule has 0 bridgehead atoms. The number of carbonyl (C=O) groups excluding carboxylic acids is 3. The summed E-state index contributed by atoms with van der Waals surface area (Å²) in [4.78, 5) is 44.8. The van der Waals surface area contributed by atoms with E-state index >= 15 is 0 Å². The zero-order valence-electron chi connectivity index (χ0n) is 17.3. The lowest BCUT2D eigenvalue weighted by atomic mass is 9.95. The van der Waals surface area contributed by atoms with Crippen LogP contribution >= 0.6 is 0 Å². The maximum Gasteiger partial charge on any atom is 0.328 e. The second kappa shape index (κ2) is 9.71. The van der Waals surface area contributed by atoms with E-state index in [0.29, 0.717) is 12.1 Å². The molecule has 2 heterocycles. The van der Waals surface area contributed by atoms with Crippen molar-refractivity contribution in [2.75, 3.05) is 20.8 Å². The number of carbonyl (C=O) groups is 3. The molecule has 0 radical (unpaired) electrons. The molecule has 2 atom stereocenters. The molecular formula is C20H21F3N4O5. The monoisotopic (exact) mass is 454 g/mol. The van der Waals surface area contributed by atoms with Gasteiger partial charge >= 0.3 is 18.0 Å². The highest BCUT2D eigenvalue weighted by molar-refractivity contribution is 5.84. The van der Waals surface area contributed by atoms with Gasteiger partial charge in [0.1, 0.15) is 12.1 Å². The third-order valence-corrected chi connectivity index (χ3v) is 5.19. The number of fused-ring (bicyclic) bond motifs is 1. The average Bonchev–Trinajstić information content (AvgIpc) is 3.28. The maximum atomic E-state index is 14.6. The van der Waals surface area contributed by atoms with Crippen molar-refractivity contribution < 1.29 is 37.0 Å². The smallest absolute Gasteiger partial charge is 0.328 e. The van der Waals surface area contributed by atoms with Gasteiger partial charge in [-0.2, -0.15) is 0 Å². The molecule has 1 aromatic carbocycles. The number of imidazole rings is 1. The summed E-state index contributed by atoms with van der Waals surface area (Å²) in [6, 6.07) is -1.37. The fourth-order valence-corrected chi connectivity index (χ4v) is 3.55. The number of halogens is 3. The Morgan fingerprint density at radius 2 is 1.97 bits per heavy atom. The molecule has 3 rings (SSSR count). The highest BCUT2D eigenvalue weighted by Crippen LogP contribution is 2.35. The first-order valence-electron chi connectivity index (χ1n) is 9.65. The number of aromatic nitrogens is 2. The van der Waals surface area contributed by atoms with Crippen molar-refractivity contribution in [2.24, 2.45) is 0 Å². The van der Waals surface area contributed by atoms with E-state index in [2.05, 4.69) is 24.8 Å². The normalized spacial score (nSPS) is 16.2. The minimum Gasteiger partial charge on any atom is -0.469 e. The van der Waals surface area contributed by atoms with Gasteiger partial charge in [0.2, 0.25) is 0 Å². The molecule has 172 valence electrons. The zero-order chi connectivity index (χ0) is 23.4. The van der Waals surface area contributed by atoms with Gasteiger partial charge in [-0.05, 0) is 12.5 Å². The predicted molar refractivity (Wildman–Crippen MR) is 103 cm³/mol. The van der Waals surface area contributed by atoms with Gasteiger partial charge in [0.05, 0.1) is 26.2 Å². The number of nitrogens with zero attached hydrogens (tertiary/aromatic N) is 2. The van der Waals surface area contributed by atoms with Gasteiger partial charge in [-0.1, -0.05) is 6.07 Å². The molecule has 2 N–H and O–H groups in total. The van der Waals surface area contributed by atoms with E-state index < -0.39 is 47.5 Å². The van der Waals surface area contributed by atoms with Gasteiger partial charge in [0, 0.05) is 30.6 Å². The van der Waals surface area contributed by atoms with Gasteiger partial charge in [-0.25, -0.2) is 27.7 Å². The van der Waals surface area contributed by atoms with Crippen LogP contribution in [0.15, 0.2) is 18.5 Å². The molecule has 2 amide bonds. The third-order valence-electron chi connectivity index (χ3n) is 5.19. The molecule has 2 aromatic rings. The molecule has 0 saturated heterocycles. The van der Waals surface area contributed by atoms with Gasteiger partial charge in [0.25, 0.3) is 0 Å². The van der Waals surface area contributed by atoms with Gasteiger partial charge in [0.15, 0.2) is 17.5 Å². The number of esters is 2. The fourth-order valence-electron chi connectivity index (χ4n) is 3.55. The molecule has 12 heteroatoms. The molecule has 0 fully saturated rings. The summed E-state index contributed by atoms with van der Waals surface area (Å²) in [5, 5.41) is 2.46. The molecule has 0 spiro atoms. The number of H-pyrrole nitrogens is 1. The fraction of sp³-hybridized carbons (Fsp3) is 0.400. The molecule has 0 aliphatic carbocycles. The van der Waals surface area contributed by atoms with E-state index in [9.17, 15) is 27.6 Å².